The van der Waals surface area contributed by atoms with Crippen LogP contribution in [0.1, 0.15) is 5.56 Å². The van der Waals surface area contributed by atoms with E-state index in [1.807, 2.05) is 6.26 Å². The summed E-state index contributed by atoms with van der Waals surface area (Å²) in [4.78, 5) is 8.09. The van der Waals surface area contributed by atoms with Gasteiger partial charge in [0.05, 0.1) is 0 Å². The van der Waals surface area contributed by atoms with Crippen LogP contribution in [0.4, 0.5) is 0 Å². The molecule has 0 saturated heterocycles. The van der Waals surface area contributed by atoms with Gasteiger partial charge in [0.1, 0.15) is 22.9 Å². The molecule has 1 N–H and O–H groups in total. The van der Waals surface area contributed by atoms with E-state index in [4.69, 9.17) is 4.74 Å². The molecule has 0 aliphatic rings. The maximum atomic E-state index is 9.56. The van der Waals surface area contributed by atoms with Gasteiger partial charge in [0.2, 0.25) is 5.88 Å². The Morgan fingerprint density at radius 3 is 2.88 bits per heavy atom. The second kappa shape index (κ2) is 5.05. The average molecular weight is 248 g/mol. The minimum Gasteiger partial charge on any atom is -0.508 e. The first-order chi connectivity index (χ1) is 8.20. The van der Waals surface area contributed by atoms with E-state index in [0.717, 1.165) is 5.03 Å². The molecule has 0 saturated carbocycles. The van der Waals surface area contributed by atoms with Crippen molar-refractivity contribution in [3.8, 4) is 17.4 Å². The first-order valence-corrected chi connectivity index (χ1v) is 6.25. The van der Waals surface area contributed by atoms with Crippen LogP contribution in [0.25, 0.3) is 0 Å². The molecule has 0 spiro atoms. The number of rotatable bonds is 3. The molecule has 0 fully saturated rings. The highest BCUT2D eigenvalue weighted by Gasteiger charge is 2.06. The fourth-order valence-corrected chi connectivity index (χ4v) is 1.69. The van der Waals surface area contributed by atoms with Crippen LogP contribution in [0.5, 0.6) is 17.4 Å². The number of nitrogens with zero attached hydrogens (tertiary/aromatic N) is 2. The quantitative estimate of drug-likeness (QED) is 0.668. The summed E-state index contributed by atoms with van der Waals surface area (Å²) in [7, 11) is 0. The molecule has 0 amide bonds. The summed E-state index contributed by atoms with van der Waals surface area (Å²) in [5.74, 6) is 1.27. The van der Waals surface area contributed by atoms with Crippen LogP contribution in [0.3, 0.4) is 0 Å². The third-order valence-electron chi connectivity index (χ3n) is 2.30. The second-order valence-corrected chi connectivity index (χ2v) is 4.23. The Labute approximate surface area is 104 Å². The molecule has 0 unspecified atom stereocenters. The Bertz CT molecular complexity index is 532. The van der Waals surface area contributed by atoms with Crippen LogP contribution in [0.2, 0.25) is 0 Å². The van der Waals surface area contributed by atoms with Crippen molar-refractivity contribution in [2.45, 2.75) is 11.9 Å². The number of hydrogen-bond donors (Lipinski definition) is 1. The number of phenolic OH excluding ortho intramolecular Hbond substituents is 1. The molecule has 2 rings (SSSR count). The number of aromatic nitrogens is 2. The van der Waals surface area contributed by atoms with Gasteiger partial charge in [-0.1, -0.05) is 6.07 Å². The summed E-state index contributed by atoms with van der Waals surface area (Å²) >= 11 is 1.52. The summed E-state index contributed by atoms with van der Waals surface area (Å²) in [5, 5.41) is 10.4. The van der Waals surface area contributed by atoms with E-state index in [2.05, 4.69) is 9.97 Å². The molecule has 0 bridgehead atoms. The number of hydrogen-bond acceptors (Lipinski definition) is 5. The van der Waals surface area contributed by atoms with Gasteiger partial charge in [0.25, 0.3) is 0 Å². The number of phenols is 1. The zero-order valence-corrected chi connectivity index (χ0v) is 10.4. The second-order valence-electron chi connectivity index (χ2n) is 3.40. The Morgan fingerprint density at radius 2 is 2.12 bits per heavy atom. The van der Waals surface area contributed by atoms with Gasteiger partial charge >= 0.3 is 0 Å². The minimum absolute atomic E-state index is 0.210. The van der Waals surface area contributed by atoms with Gasteiger partial charge in [-0.05, 0) is 25.3 Å². The topological polar surface area (TPSA) is 55.2 Å². The van der Waals surface area contributed by atoms with E-state index in [0.29, 0.717) is 17.2 Å². The van der Waals surface area contributed by atoms with Crippen LogP contribution in [0, 0.1) is 6.92 Å². The normalized spacial score (nSPS) is 10.2. The molecule has 1 aromatic carbocycles. The molecular formula is C12H12N2O2S. The summed E-state index contributed by atoms with van der Waals surface area (Å²) < 4.78 is 5.61. The average Bonchev–Trinajstić information content (AvgIpc) is 2.35. The first-order valence-electron chi connectivity index (χ1n) is 5.03. The van der Waals surface area contributed by atoms with Crippen molar-refractivity contribution in [3.05, 3.63) is 36.2 Å². The zero-order valence-electron chi connectivity index (χ0n) is 9.54. The van der Waals surface area contributed by atoms with E-state index in [-0.39, 0.29) is 5.75 Å². The minimum atomic E-state index is 0.210. The maximum Gasteiger partial charge on any atom is 0.223 e. The molecule has 0 atom stereocenters. The fraction of sp³-hybridized carbons (Fsp3) is 0.167. The lowest BCUT2D eigenvalue weighted by Crippen LogP contribution is -1.92. The van der Waals surface area contributed by atoms with Crippen molar-refractivity contribution in [1.29, 1.82) is 0 Å². The number of thioether (sulfide) groups is 1. The lowest BCUT2D eigenvalue weighted by Gasteiger charge is -2.08. The predicted molar refractivity (Wildman–Crippen MR) is 66.7 cm³/mol. The summed E-state index contributed by atoms with van der Waals surface area (Å²) in [5.41, 5.74) is 0.691. The number of ether oxygens (including phenoxy) is 1. The fourth-order valence-electron chi connectivity index (χ4n) is 1.32. The van der Waals surface area contributed by atoms with Crippen molar-refractivity contribution >= 4 is 11.8 Å². The molecule has 88 valence electrons. The van der Waals surface area contributed by atoms with E-state index in [1.165, 1.54) is 18.1 Å². The lowest BCUT2D eigenvalue weighted by molar-refractivity contribution is 0.437. The van der Waals surface area contributed by atoms with Crippen molar-refractivity contribution in [2.24, 2.45) is 0 Å². The molecular weight excluding hydrogens is 236 g/mol. The van der Waals surface area contributed by atoms with Crippen molar-refractivity contribution < 1.29 is 9.84 Å². The highest BCUT2D eigenvalue weighted by Crippen LogP contribution is 2.29. The van der Waals surface area contributed by atoms with Crippen LogP contribution < -0.4 is 4.74 Å². The molecule has 0 radical (unpaired) electrons. The van der Waals surface area contributed by atoms with Gasteiger partial charge in [-0.2, -0.15) is 0 Å². The molecule has 17 heavy (non-hydrogen) atoms. The van der Waals surface area contributed by atoms with Crippen molar-refractivity contribution in [1.82, 2.24) is 9.97 Å². The van der Waals surface area contributed by atoms with Gasteiger partial charge in [-0.15, -0.1) is 11.8 Å². The number of benzene rings is 1. The maximum absolute atomic E-state index is 9.56. The van der Waals surface area contributed by atoms with Crippen LogP contribution >= 0.6 is 11.8 Å². The summed E-state index contributed by atoms with van der Waals surface area (Å²) in [6.07, 6.45) is 3.39. The van der Waals surface area contributed by atoms with E-state index >= 15 is 0 Å². The molecule has 2 aromatic rings. The van der Waals surface area contributed by atoms with E-state index < -0.39 is 0 Å². The van der Waals surface area contributed by atoms with Crippen LogP contribution in [-0.2, 0) is 0 Å². The molecule has 1 heterocycles. The van der Waals surface area contributed by atoms with Gasteiger partial charge in [-0.3, -0.25) is 0 Å². The predicted octanol–water partition coefficient (Wildman–Crippen LogP) is 3.00. The molecule has 0 aliphatic heterocycles. The van der Waals surface area contributed by atoms with Gasteiger partial charge in [-0.25, -0.2) is 9.97 Å². The van der Waals surface area contributed by atoms with Crippen LogP contribution in [-0.4, -0.2) is 21.3 Å². The summed E-state index contributed by atoms with van der Waals surface area (Å²) in [6.45, 7) is 1.79. The highest BCUT2D eigenvalue weighted by atomic mass is 32.2. The molecule has 1 aromatic heterocycles. The van der Waals surface area contributed by atoms with Crippen molar-refractivity contribution in [3.63, 3.8) is 0 Å². The first kappa shape index (κ1) is 11.7. The van der Waals surface area contributed by atoms with Gasteiger partial charge in [0.15, 0.2) is 0 Å². The molecule has 5 heteroatoms. The number of aromatic hydroxyl groups is 1. The largest absolute Gasteiger partial charge is 0.508 e. The smallest absolute Gasteiger partial charge is 0.223 e. The van der Waals surface area contributed by atoms with Crippen LogP contribution in [0.15, 0.2) is 35.6 Å². The molecule has 4 nitrogen and oxygen atoms in total. The Hall–Kier alpha value is -1.75. The van der Waals surface area contributed by atoms with Gasteiger partial charge in [0, 0.05) is 11.6 Å². The Kier molecular flexibility index (Phi) is 3.49. The monoisotopic (exact) mass is 248 g/mol. The lowest BCUT2D eigenvalue weighted by atomic mass is 10.2. The van der Waals surface area contributed by atoms with E-state index in [9.17, 15) is 5.11 Å². The SMILES string of the molecule is CSc1cc(Oc2cccc(O)c2C)ncn1. The van der Waals surface area contributed by atoms with Gasteiger partial charge < -0.3 is 9.84 Å². The standard InChI is InChI=1S/C12H12N2O2S/c1-8-9(15)4-3-5-10(8)16-11-6-12(17-2)14-7-13-11/h3-7,15H,1-2H3. The zero-order chi connectivity index (χ0) is 12.3. The Morgan fingerprint density at radius 1 is 1.29 bits per heavy atom. The Balaban J connectivity index is 2.28. The third-order valence-corrected chi connectivity index (χ3v) is 2.94. The van der Waals surface area contributed by atoms with E-state index in [1.54, 1.807) is 31.2 Å². The molecule has 0 aliphatic carbocycles. The highest BCUT2D eigenvalue weighted by molar-refractivity contribution is 7.98. The van der Waals surface area contributed by atoms with Crippen molar-refractivity contribution in [2.75, 3.05) is 6.26 Å². The third kappa shape index (κ3) is 2.68. The summed E-state index contributed by atoms with van der Waals surface area (Å²) in [6, 6.07) is 6.90.